The van der Waals surface area contributed by atoms with E-state index in [-0.39, 0.29) is 5.91 Å². The molecule has 2 saturated heterocycles. The van der Waals surface area contributed by atoms with Crippen LogP contribution >= 0.6 is 0 Å². The molecule has 0 atom stereocenters. The van der Waals surface area contributed by atoms with Gasteiger partial charge in [0.2, 0.25) is 0 Å². The Hall–Kier alpha value is -2.73. The first-order valence-corrected chi connectivity index (χ1v) is 10.6. The first-order valence-electron chi connectivity index (χ1n) is 10.6. The van der Waals surface area contributed by atoms with Crippen LogP contribution in [0.3, 0.4) is 0 Å². The number of amides is 1. The molecule has 2 aliphatic heterocycles. The van der Waals surface area contributed by atoms with Crippen LogP contribution < -0.4 is 4.90 Å². The Morgan fingerprint density at radius 1 is 0.931 bits per heavy atom. The van der Waals surface area contributed by atoms with Crippen LogP contribution in [0.15, 0.2) is 48.8 Å². The van der Waals surface area contributed by atoms with Crippen LogP contribution in [0.25, 0.3) is 6.08 Å². The second-order valence-electron chi connectivity index (χ2n) is 7.72. The lowest BCUT2D eigenvalue weighted by molar-refractivity contribution is 0.0644. The Morgan fingerprint density at radius 3 is 2.45 bits per heavy atom. The van der Waals surface area contributed by atoms with Crippen LogP contribution in [0.5, 0.6) is 0 Å². The van der Waals surface area contributed by atoms with Crippen molar-refractivity contribution in [3.8, 4) is 0 Å². The number of anilines is 1. The van der Waals surface area contributed by atoms with E-state index >= 15 is 0 Å². The Morgan fingerprint density at radius 2 is 1.69 bits per heavy atom. The van der Waals surface area contributed by atoms with Gasteiger partial charge in [-0.2, -0.15) is 0 Å². The number of rotatable bonds is 5. The maximum absolute atomic E-state index is 12.9. The summed E-state index contributed by atoms with van der Waals surface area (Å²) in [4.78, 5) is 28.1. The van der Waals surface area contributed by atoms with Gasteiger partial charge in [-0.25, -0.2) is 9.97 Å². The van der Waals surface area contributed by atoms with Crippen molar-refractivity contribution in [2.24, 2.45) is 0 Å². The molecule has 4 rings (SSSR count). The monoisotopic (exact) mass is 391 g/mol. The maximum Gasteiger partial charge on any atom is 0.272 e. The first-order chi connectivity index (χ1) is 14.3. The van der Waals surface area contributed by atoms with Crippen molar-refractivity contribution >= 4 is 17.8 Å². The van der Waals surface area contributed by atoms with Gasteiger partial charge >= 0.3 is 0 Å². The molecular formula is C23H29N5O. The number of piperazine rings is 1. The quantitative estimate of drug-likeness (QED) is 0.784. The Bertz CT molecular complexity index is 824. The summed E-state index contributed by atoms with van der Waals surface area (Å²) in [5.41, 5.74) is 1.73. The van der Waals surface area contributed by atoms with Gasteiger partial charge in [0.25, 0.3) is 5.91 Å². The molecule has 0 N–H and O–H groups in total. The molecule has 2 aliphatic rings. The highest BCUT2D eigenvalue weighted by Crippen LogP contribution is 2.18. The third-order valence-electron chi connectivity index (χ3n) is 5.68. The molecule has 29 heavy (non-hydrogen) atoms. The van der Waals surface area contributed by atoms with Crippen molar-refractivity contribution in [2.45, 2.75) is 19.3 Å². The van der Waals surface area contributed by atoms with Crippen molar-refractivity contribution in [2.75, 3.05) is 50.7 Å². The minimum absolute atomic E-state index is 0.0186. The van der Waals surface area contributed by atoms with E-state index in [1.165, 1.54) is 31.2 Å². The number of benzene rings is 1. The van der Waals surface area contributed by atoms with Crippen LogP contribution in [0.4, 0.5) is 5.82 Å². The second kappa shape index (κ2) is 9.65. The van der Waals surface area contributed by atoms with E-state index in [0.29, 0.717) is 5.69 Å². The van der Waals surface area contributed by atoms with E-state index in [0.717, 1.165) is 51.6 Å². The molecule has 0 radical (unpaired) electrons. The summed E-state index contributed by atoms with van der Waals surface area (Å²) in [6.07, 6.45) is 9.53. The molecule has 1 aromatic heterocycles. The molecule has 0 bridgehead atoms. The molecule has 1 aromatic carbocycles. The van der Waals surface area contributed by atoms with Crippen molar-refractivity contribution < 1.29 is 4.79 Å². The molecule has 1 amide bonds. The van der Waals surface area contributed by atoms with Gasteiger partial charge < -0.3 is 9.80 Å². The molecule has 0 spiro atoms. The first kappa shape index (κ1) is 19.6. The number of hydrogen-bond donors (Lipinski definition) is 0. The molecule has 2 fully saturated rings. The average molecular weight is 392 g/mol. The average Bonchev–Trinajstić information content (AvgIpc) is 2.80. The number of carbonyl (C=O) groups excluding carboxylic acids is 1. The minimum atomic E-state index is 0.0186. The lowest BCUT2D eigenvalue weighted by Crippen LogP contribution is -2.48. The summed E-state index contributed by atoms with van der Waals surface area (Å²) in [5, 5.41) is 0. The standard InChI is InChI=1S/C23H29N5O/c29-23(21-18-22(25-19-24-21)27-12-5-2-6-13-27)28-16-14-26(15-17-28)11-7-10-20-8-3-1-4-9-20/h1,3-4,7-10,18-19H,2,5-6,11-17H2/b10-7+. The van der Waals surface area contributed by atoms with Gasteiger partial charge in [0, 0.05) is 51.9 Å². The van der Waals surface area contributed by atoms with Crippen LogP contribution in [0.2, 0.25) is 0 Å². The predicted molar refractivity (Wildman–Crippen MR) is 116 cm³/mol. The van der Waals surface area contributed by atoms with Gasteiger partial charge in [-0.3, -0.25) is 9.69 Å². The molecule has 0 aliphatic carbocycles. The van der Waals surface area contributed by atoms with Gasteiger partial charge in [-0.05, 0) is 24.8 Å². The fraction of sp³-hybridized carbons (Fsp3) is 0.435. The molecule has 152 valence electrons. The van der Waals surface area contributed by atoms with Gasteiger partial charge in [0.05, 0.1) is 0 Å². The van der Waals surface area contributed by atoms with Gasteiger partial charge in [-0.15, -0.1) is 0 Å². The van der Waals surface area contributed by atoms with Crippen LogP contribution in [0.1, 0.15) is 35.3 Å². The number of aromatic nitrogens is 2. The smallest absolute Gasteiger partial charge is 0.272 e. The summed E-state index contributed by atoms with van der Waals surface area (Å²) in [5.74, 6) is 0.901. The fourth-order valence-corrected chi connectivity index (χ4v) is 3.96. The van der Waals surface area contributed by atoms with Crippen molar-refractivity contribution in [1.82, 2.24) is 19.8 Å². The van der Waals surface area contributed by atoms with E-state index in [1.807, 2.05) is 29.2 Å². The summed E-state index contributed by atoms with van der Waals surface area (Å²) in [6, 6.07) is 12.2. The third-order valence-corrected chi connectivity index (χ3v) is 5.68. The van der Waals surface area contributed by atoms with Crippen LogP contribution in [0, 0.1) is 0 Å². The predicted octanol–water partition coefficient (Wildman–Crippen LogP) is 2.94. The molecular weight excluding hydrogens is 362 g/mol. The van der Waals surface area contributed by atoms with Crippen molar-refractivity contribution in [3.63, 3.8) is 0 Å². The minimum Gasteiger partial charge on any atom is -0.357 e. The molecule has 3 heterocycles. The van der Waals surface area contributed by atoms with E-state index in [4.69, 9.17) is 0 Å². The zero-order valence-corrected chi connectivity index (χ0v) is 16.9. The zero-order valence-electron chi connectivity index (χ0n) is 16.9. The highest BCUT2D eigenvalue weighted by Gasteiger charge is 2.23. The fourth-order valence-electron chi connectivity index (χ4n) is 3.96. The van der Waals surface area contributed by atoms with Crippen LogP contribution in [-0.2, 0) is 0 Å². The normalized spacial score (nSPS) is 18.3. The highest BCUT2D eigenvalue weighted by atomic mass is 16.2. The summed E-state index contributed by atoms with van der Waals surface area (Å²) in [7, 11) is 0. The summed E-state index contributed by atoms with van der Waals surface area (Å²) in [6.45, 7) is 6.18. The number of nitrogens with zero attached hydrogens (tertiary/aromatic N) is 5. The topological polar surface area (TPSA) is 52.6 Å². The molecule has 6 heteroatoms. The molecule has 0 saturated carbocycles. The number of piperidine rings is 1. The second-order valence-corrected chi connectivity index (χ2v) is 7.72. The number of hydrogen-bond acceptors (Lipinski definition) is 5. The van der Waals surface area contributed by atoms with Crippen molar-refractivity contribution in [1.29, 1.82) is 0 Å². The van der Waals surface area contributed by atoms with E-state index in [2.05, 4.69) is 44.1 Å². The number of carbonyl (C=O) groups is 1. The Balaban J connectivity index is 1.29. The third kappa shape index (κ3) is 5.21. The largest absolute Gasteiger partial charge is 0.357 e. The molecule has 0 unspecified atom stereocenters. The lowest BCUT2D eigenvalue weighted by Gasteiger charge is -2.34. The molecule has 6 nitrogen and oxygen atoms in total. The SMILES string of the molecule is O=C(c1cc(N2CCCCC2)ncn1)N1CCN(C/C=C/c2ccccc2)CC1. The van der Waals surface area contributed by atoms with Gasteiger partial charge in [-0.1, -0.05) is 42.5 Å². The summed E-state index contributed by atoms with van der Waals surface area (Å²) < 4.78 is 0. The van der Waals surface area contributed by atoms with E-state index in [9.17, 15) is 4.79 Å². The lowest BCUT2D eigenvalue weighted by atomic mass is 10.1. The highest BCUT2D eigenvalue weighted by molar-refractivity contribution is 5.93. The van der Waals surface area contributed by atoms with Crippen LogP contribution in [-0.4, -0.2) is 71.5 Å². The zero-order chi connectivity index (χ0) is 19.9. The van der Waals surface area contributed by atoms with E-state index < -0.39 is 0 Å². The summed E-state index contributed by atoms with van der Waals surface area (Å²) >= 11 is 0. The van der Waals surface area contributed by atoms with Crippen molar-refractivity contribution in [3.05, 3.63) is 60.1 Å². The van der Waals surface area contributed by atoms with E-state index in [1.54, 1.807) is 0 Å². The molecule has 2 aromatic rings. The maximum atomic E-state index is 12.9. The van der Waals surface area contributed by atoms with Gasteiger partial charge in [0.15, 0.2) is 0 Å². The van der Waals surface area contributed by atoms with Gasteiger partial charge in [0.1, 0.15) is 17.8 Å². The Kier molecular flexibility index (Phi) is 6.52. The Labute approximate surface area is 172 Å².